The zero-order valence-electron chi connectivity index (χ0n) is 15.1. The molecular formula is C21H17BrN2O2S. The number of thiazole rings is 1. The van der Waals surface area contributed by atoms with E-state index in [4.69, 9.17) is 4.74 Å². The van der Waals surface area contributed by atoms with E-state index in [1.165, 1.54) is 24.0 Å². The molecule has 0 radical (unpaired) electrons. The van der Waals surface area contributed by atoms with Crippen LogP contribution in [-0.4, -0.2) is 17.2 Å². The summed E-state index contributed by atoms with van der Waals surface area (Å²) in [5.41, 5.74) is 5.47. The molecule has 0 aliphatic heterocycles. The van der Waals surface area contributed by atoms with Gasteiger partial charge in [0, 0.05) is 10.9 Å². The number of halogens is 1. The molecule has 6 heteroatoms. The van der Waals surface area contributed by atoms with Crippen molar-refractivity contribution in [3.05, 3.63) is 61.9 Å². The van der Waals surface area contributed by atoms with Crippen LogP contribution >= 0.6 is 27.3 Å². The van der Waals surface area contributed by atoms with Gasteiger partial charge in [-0.15, -0.1) is 11.3 Å². The maximum absolute atomic E-state index is 9.94. The highest BCUT2D eigenvalue weighted by Crippen LogP contribution is 2.36. The summed E-state index contributed by atoms with van der Waals surface area (Å²) in [7, 11) is 1.48. The molecule has 27 heavy (non-hydrogen) atoms. The van der Waals surface area contributed by atoms with E-state index in [1.54, 1.807) is 18.2 Å². The molecule has 3 rings (SSSR count). The molecule has 0 amide bonds. The largest absolute Gasteiger partial charge is 0.503 e. The predicted molar refractivity (Wildman–Crippen MR) is 113 cm³/mol. The van der Waals surface area contributed by atoms with Crippen LogP contribution in [-0.2, 0) is 0 Å². The molecule has 0 unspecified atom stereocenters. The minimum Gasteiger partial charge on any atom is -0.503 e. The molecular weight excluding hydrogens is 424 g/mol. The second-order valence-electron chi connectivity index (χ2n) is 6.08. The summed E-state index contributed by atoms with van der Waals surface area (Å²) in [6, 6.07) is 11.9. The number of phenols is 1. The summed E-state index contributed by atoms with van der Waals surface area (Å²) in [5, 5.41) is 22.2. The highest BCUT2D eigenvalue weighted by Gasteiger charge is 2.13. The lowest BCUT2D eigenvalue weighted by Crippen LogP contribution is -1.88. The number of nitrogens with zero attached hydrogens (tertiary/aromatic N) is 2. The zero-order chi connectivity index (χ0) is 19.6. The lowest BCUT2D eigenvalue weighted by Gasteiger charge is -2.07. The van der Waals surface area contributed by atoms with Gasteiger partial charge in [-0.1, -0.05) is 23.8 Å². The first-order valence-corrected chi connectivity index (χ1v) is 9.82. The lowest BCUT2D eigenvalue weighted by atomic mass is 10.0. The third kappa shape index (κ3) is 4.05. The van der Waals surface area contributed by atoms with Crippen molar-refractivity contribution < 1.29 is 9.84 Å². The van der Waals surface area contributed by atoms with Gasteiger partial charge in [-0.05, 0) is 59.1 Å². The Morgan fingerprint density at radius 1 is 1.30 bits per heavy atom. The van der Waals surface area contributed by atoms with Crippen LogP contribution in [0.2, 0.25) is 0 Å². The monoisotopic (exact) mass is 440 g/mol. The minimum atomic E-state index is 0.0274. The molecule has 0 fully saturated rings. The van der Waals surface area contributed by atoms with Crippen molar-refractivity contribution in [3.8, 4) is 28.8 Å². The van der Waals surface area contributed by atoms with Gasteiger partial charge in [0.1, 0.15) is 11.1 Å². The summed E-state index contributed by atoms with van der Waals surface area (Å²) >= 11 is 4.73. The third-order valence-electron chi connectivity index (χ3n) is 4.09. The Morgan fingerprint density at radius 3 is 2.74 bits per heavy atom. The molecule has 1 heterocycles. The molecule has 0 atom stereocenters. The normalized spacial score (nSPS) is 11.3. The van der Waals surface area contributed by atoms with Crippen LogP contribution in [0, 0.1) is 25.2 Å². The van der Waals surface area contributed by atoms with Gasteiger partial charge in [0.15, 0.2) is 11.5 Å². The van der Waals surface area contributed by atoms with E-state index in [0.717, 1.165) is 22.4 Å². The first-order valence-electron chi connectivity index (χ1n) is 8.14. The number of ether oxygens (including phenoxy) is 1. The van der Waals surface area contributed by atoms with Crippen LogP contribution in [0.15, 0.2) is 40.2 Å². The molecule has 2 aromatic carbocycles. The van der Waals surface area contributed by atoms with Crippen LogP contribution in [0.4, 0.5) is 0 Å². The van der Waals surface area contributed by atoms with Crippen molar-refractivity contribution in [2.45, 2.75) is 13.8 Å². The number of allylic oxidation sites excluding steroid dienone is 1. The topological polar surface area (TPSA) is 66.1 Å². The van der Waals surface area contributed by atoms with E-state index < -0.39 is 0 Å². The molecule has 0 aliphatic rings. The molecule has 3 aromatic rings. The Balaban J connectivity index is 2.00. The van der Waals surface area contributed by atoms with Crippen molar-refractivity contribution in [2.24, 2.45) is 0 Å². The van der Waals surface area contributed by atoms with Gasteiger partial charge in [0.05, 0.1) is 22.8 Å². The Bertz CT molecular complexity index is 1080. The molecule has 0 saturated heterocycles. The Hall–Kier alpha value is -2.62. The highest BCUT2D eigenvalue weighted by molar-refractivity contribution is 9.10. The van der Waals surface area contributed by atoms with Gasteiger partial charge >= 0.3 is 0 Å². The van der Waals surface area contributed by atoms with Crippen molar-refractivity contribution in [1.29, 1.82) is 5.26 Å². The van der Waals surface area contributed by atoms with E-state index >= 15 is 0 Å². The zero-order valence-corrected chi connectivity index (χ0v) is 17.5. The van der Waals surface area contributed by atoms with Gasteiger partial charge in [-0.2, -0.15) is 5.26 Å². The number of hydrogen-bond acceptors (Lipinski definition) is 5. The molecule has 136 valence electrons. The van der Waals surface area contributed by atoms with Gasteiger partial charge in [0.25, 0.3) is 0 Å². The lowest BCUT2D eigenvalue weighted by molar-refractivity contribution is 0.372. The van der Waals surface area contributed by atoms with Gasteiger partial charge in [-0.3, -0.25) is 0 Å². The van der Waals surface area contributed by atoms with E-state index in [-0.39, 0.29) is 5.75 Å². The maximum Gasteiger partial charge on any atom is 0.172 e. The fraction of sp³-hybridized carbons (Fsp3) is 0.143. The smallest absolute Gasteiger partial charge is 0.172 e. The third-order valence-corrected chi connectivity index (χ3v) is 5.57. The van der Waals surface area contributed by atoms with E-state index in [9.17, 15) is 10.4 Å². The molecule has 1 aromatic heterocycles. The number of methoxy groups -OCH3 is 1. The van der Waals surface area contributed by atoms with E-state index in [0.29, 0.717) is 20.8 Å². The average molecular weight is 441 g/mol. The number of aromatic nitrogens is 1. The van der Waals surface area contributed by atoms with Crippen LogP contribution in [0.5, 0.6) is 11.5 Å². The number of rotatable bonds is 4. The van der Waals surface area contributed by atoms with Crippen LogP contribution < -0.4 is 4.74 Å². The quantitative estimate of drug-likeness (QED) is 0.507. The molecule has 0 saturated carbocycles. The van der Waals surface area contributed by atoms with Gasteiger partial charge < -0.3 is 9.84 Å². The average Bonchev–Trinajstić information content (AvgIpc) is 3.12. The van der Waals surface area contributed by atoms with E-state index in [1.807, 2.05) is 5.38 Å². The SMILES string of the molecule is COc1cc(/C=C(\C#N)c2nc(-c3ccc(C)cc3C)cs2)cc(Br)c1O. The van der Waals surface area contributed by atoms with Crippen molar-refractivity contribution in [2.75, 3.05) is 7.11 Å². The second kappa shape index (κ2) is 7.95. The first-order chi connectivity index (χ1) is 12.9. The molecule has 1 N–H and O–H groups in total. The Kier molecular flexibility index (Phi) is 5.64. The summed E-state index contributed by atoms with van der Waals surface area (Å²) in [6.45, 7) is 4.12. The minimum absolute atomic E-state index is 0.0274. The Morgan fingerprint density at radius 2 is 2.07 bits per heavy atom. The number of nitriles is 1. The van der Waals surface area contributed by atoms with Gasteiger partial charge in [0.2, 0.25) is 0 Å². The summed E-state index contributed by atoms with van der Waals surface area (Å²) < 4.78 is 5.67. The van der Waals surface area contributed by atoms with Gasteiger partial charge in [-0.25, -0.2) is 4.98 Å². The summed E-state index contributed by atoms with van der Waals surface area (Å²) in [4.78, 5) is 4.66. The van der Waals surface area contributed by atoms with Crippen LogP contribution in [0.3, 0.4) is 0 Å². The highest BCUT2D eigenvalue weighted by atomic mass is 79.9. The Labute approximate surface area is 170 Å². The maximum atomic E-state index is 9.94. The van der Waals surface area contributed by atoms with Crippen molar-refractivity contribution in [1.82, 2.24) is 4.98 Å². The molecule has 0 spiro atoms. The second-order valence-corrected chi connectivity index (χ2v) is 7.79. The number of benzene rings is 2. The van der Waals surface area contributed by atoms with Crippen molar-refractivity contribution in [3.63, 3.8) is 0 Å². The number of aromatic hydroxyl groups is 1. The summed E-state index contributed by atoms with van der Waals surface area (Å²) in [5.74, 6) is 0.363. The summed E-state index contributed by atoms with van der Waals surface area (Å²) in [6.07, 6.45) is 1.73. The molecule has 0 bridgehead atoms. The number of hydrogen-bond donors (Lipinski definition) is 1. The number of aryl methyl sites for hydroxylation is 2. The fourth-order valence-electron chi connectivity index (χ4n) is 2.76. The van der Waals surface area contributed by atoms with Crippen LogP contribution in [0.25, 0.3) is 22.9 Å². The van der Waals surface area contributed by atoms with E-state index in [2.05, 4.69) is 59.0 Å². The number of phenolic OH excluding ortho intramolecular Hbond substituents is 1. The molecule has 4 nitrogen and oxygen atoms in total. The molecule has 0 aliphatic carbocycles. The van der Waals surface area contributed by atoms with Crippen LogP contribution in [0.1, 0.15) is 21.7 Å². The van der Waals surface area contributed by atoms with Crippen molar-refractivity contribution >= 4 is 38.9 Å². The standard InChI is InChI=1S/C21H17BrN2O2S/c1-12-4-5-16(13(2)6-12)18-11-27-21(24-18)15(10-23)7-14-8-17(22)20(25)19(9-14)26-3/h4-9,11,25H,1-3H3/b15-7+. The fourth-order valence-corrected chi connectivity index (χ4v) is 4.01. The first kappa shape index (κ1) is 19.2. The predicted octanol–water partition coefficient (Wildman–Crippen LogP) is 5.97.